The molecule has 0 N–H and O–H groups in total. The van der Waals surface area contributed by atoms with Gasteiger partial charge in [-0.15, -0.1) is 0 Å². The summed E-state index contributed by atoms with van der Waals surface area (Å²) >= 11 is 0. The maximum absolute atomic E-state index is 12.1. The lowest BCUT2D eigenvalue weighted by molar-refractivity contribution is -0.194. The van der Waals surface area contributed by atoms with Gasteiger partial charge in [0.1, 0.15) is 18.3 Å². The molecule has 0 aromatic heterocycles. The minimum Gasteiger partial charge on any atom is -0.469 e. The molecule has 23 heavy (non-hydrogen) atoms. The second-order valence-electron chi connectivity index (χ2n) is 6.15. The highest BCUT2D eigenvalue weighted by Crippen LogP contribution is 2.42. The molecule has 1 saturated heterocycles. The smallest absolute Gasteiger partial charge is 0.311 e. The van der Waals surface area contributed by atoms with E-state index in [0.717, 1.165) is 0 Å². The number of hydrogen-bond donors (Lipinski definition) is 0. The van der Waals surface area contributed by atoms with Gasteiger partial charge in [0.15, 0.2) is 11.9 Å². The van der Waals surface area contributed by atoms with Crippen molar-refractivity contribution in [2.24, 2.45) is 5.92 Å². The Balaban J connectivity index is 2.34. The van der Waals surface area contributed by atoms with Crippen LogP contribution >= 0.6 is 0 Å². The maximum Gasteiger partial charge on any atom is 0.311 e. The molecule has 1 heterocycles. The van der Waals surface area contributed by atoms with Crippen molar-refractivity contribution in [2.45, 2.75) is 64.3 Å². The van der Waals surface area contributed by atoms with Crippen LogP contribution in [0.4, 0.5) is 0 Å². The van der Waals surface area contributed by atoms with Crippen LogP contribution in [-0.4, -0.2) is 55.2 Å². The van der Waals surface area contributed by atoms with E-state index in [1.54, 1.807) is 13.8 Å². The Morgan fingerprint density at radius 1 is 1.00 bits per heavy atom. The van der Waals surface area contributed by atoms with Crippen LogP contribution in [0.3, 0.4) is 0 Å². The van der Waals surface area contributed by atoms with Crippen LogP contribution in [0.15, 0.2) is 0 Å². The maximum atomic E-state index is 12.1. The molecule has 8 heteroatoms. The number of methoxy groups -OCH3 is 1. The van der Waals surface area contributed by atoms with E-state index >= 15 is 0 Å². The zero-order valence-electron chi connectivity index (χ0n) is 13.9. The van der Waals surface area contributed by atoms with Crippen LogP contribution in [0.5, 0.6) is 0 Å². The first-order valence-corrected chi connectivity index (χ1v) is 7.42. The second-order valence-corrected chi connectivity index (χ2v) is 6.15. The zero-order chi connectivity index (χ0) is 17.4. The average molecular weight is 330 g/mol. The molecule has 8 nitrogen and oxygen atoms in total. The molecule has 0 unspecified atom stereocenters. The Hall–Kier alpha value is -1.67. The van der Waals surface area contributed by atoms with E-state index in [-0.39, 0.29) is 6.42 Å². The third-order valence-corrected chi connectivity index (χ3v) is 3.86. The lowest BCUT2D eigenvalue weighted by Gasteiger charge is -2.39. The van der Waals surface area contributed by atoms with E-state index in [2.05, 4.69) is 0 Å². The van der Waals surface area contributed by atoms with Crippen LogP contribution in [-0.2, 0) is 38.1 Å². The average Bonchev–Trinajstić information content (AvgIpc) is 2.74. The molecular formula is C15H22O8. The van der Waals surface area contributed by atoms with Crippen LogP contribution in [0.1, 0.15) is 34.1 Å². The zero-order valence-corrected chi connectivity index (χ0v) is 13.9. The third-order valence-electron chi connectivity index (χ3n) is 3.86. The normalized spacial score (nSPS) is 35.1. The van der Waals surface area contributed by atoms with Gasteiger partial charge in [0.2, 0.25) is 0 Å². The van der Waals surface area contributed by atoms with Gasteiger partial charge in [-0.1, -0.05) is 0 Å². The molecule has 1 aliphatic carbocycles. The van der Waals surface area contributed by atoms with Gasteiger partial charge in [-0.2, -0.15) is 0 Å². The second kappa shape index (κ2) is 6.45. The highest BCUT2D eigenvalue weighted by molar-refractivity contribution is 5.74. The fraction of sp³-hybridized carbons (Fsp3) is 0.800. The first kappa shape index (κ1) is 17.7. The third kappa shape index (κ3) is 3.81. The number of fused-ring (bicyclic) bond motifs is 1. The van der Waals surface area contributed by atoms with Gasteiger partial charge >= 0.3 is 17.9 Å². The number of ether oxygens (including phenoxy) is 5. The van der Waals surface area contributed by atoms with Crippen molar-refractivity contribution in [3.63, 3.8) is 0 Å². The molecule has 2 fully saturated rings. The Morgan fingerprint density at radius 3 is 2.09 bits per heavy atom. The molecule has 0 radical (unpaired) electrons. The fourth-order valence-corrected chi connectivity index (χ4v) is 3.16. The van der Waals surface area contributed by atoms with E-state index in [4.69, 9.17) is 23.7 Å². The van der Waals surface area contributed by atoms with Crippen molar-refractivity contribution in [3.05, 3.63) is 0 Å². The topological polar surface area (TPSA) is 97.4 Å². The predicted octanol–water partition coefficient (Wildman–Crippen LogP) is 0.563. The standard InChI is InChI=1S/C15H22O8/c1-7(16)20-10-6-9(14(18)19-5)11-13(12(10)21-8(2)17)23-15(3,4)22-11/h9-13H,6H2,1-5H3/t9-,10-,11-,12-,13-/m1/s1. The first-order valence-electron chi connectivity index (χ1n) is 7.42. The summed E-state index contributed by atoms with van der Waals surface area (Å²) in [6, 6.07) is 0. The molecule has 130 valence electrons. The van der Waals surface area contributed by atoms with Gasteiger partial charge in [0.25, 0.3) is 0 Å². The van der Waals surface area contributed by atoms with Crippen LogP contribution in [0.25, 0.3) is 0 Å². The van der Waals surface area contributed by atoms with E-state index < -0.39 is 54.0 Å². The number of carbonyl (C=O) groups excluding carboxylic acids is 3. The Kier molecular flexibility index (Phi) is 4.95. The summed E-state index contributed by atoms with van der Waals surface area (Å²) in [6.45, 7) is 5.91. The number of rotatable bonds is 3. The van der Waals surface area contributed by atoms with Crippen LogP contribution < -0.4 is 0 Å². The number of carbonyl (C=O) groups is 3. The van der Waals surface area contributed by atoms with E-state index in [0.29, 0.717) is 0 Å². The Labute approximate surface area is 134 Å². The largest absolute Gasteiger partial charge is 0.469 e. The summed E-state index contributed by atoms with van der Waals surface area (Å²) in [7, 11) is 1.28. The SMILES string of the molecule is COC(=O)[C@@H]1C[C@@H](OC(C)=O)[C@@H](OC(C)=O)[C@@H]2OC(C)(C)O[C@@H]21. The Morgan fingerprint density at radius 2 is 1.57 bits per heavy atom. The highest BCUT2D eigenvalue weighted by Gasteiger charge is 2.58. The summed E-state index contributed by atoms with van der Waals surface area (Å²) in [5.74, 6) is -3.18. The quantitative estimate of drug-likeness (QED) is 0.547. The minimum absolute atomic E-state index is 0.130. The van der Waals surface area contributed by atoms with E-state index in [1.165, 1.54) is 21.0 Å². The summed E-state index contributed by atoms with van der Waals surface area (Å²) in [6.07, 6.45) is -2.89. The van der Waals surface area contributed by atoms with Gasteiger partial charge < -0.3 is 23.7 Å². The molecule has 5 atom stereocenters. The van der Waals surface area contributed by atoms with E-state index in [9.17, 15) is 14.4 Å². The minimum atomic E-state index is -0.953. The van der Waals surface area contributed by atoms with Gasteiger partial charge in [-0.25, -0.2) is 0 Å². The lowest BCUT2D eigenvalue weighted by Crippen LogP contribution is -2.56. The lowest BCUT2D eigenvalue weighted by atomic mass is 9.80. The summed E-state index contributed by atoms with van der Waals surface area (Å²) in [4.78, 5) is 34.8. The number of esters is 3. The van der Waals surface area contributed by atoms with Crippen molar-refractivity contribution in [1.29, 1.82) is 0 Å². The Bertz CT molecular complexity index is 500. The highest BCUT2D eigenvalue weighted by atomic mass is 16.8. The predicted molar refractivity (Wildman–Crippen MR) is 75.1 cm³/mol. The molecule has 0 bridgehead atoms. The van der Waals surface area contributed by atoms with Crippen molar-refractivity contribution < 1.29 is 38.1 Å². The van der Waals surface area contributed by atoms with Gasteiger partial charge in [-0.05, 0) is 13.8 Å². The summed E-state index contributed by atoms with van der Waals surface area (Å²) in [5, 5.41) is 0. The molecule has 2 aliphatic rings. The summed E-state index contributed by atoms with van der Waals surface area (Å²) in [5.41, 5.74) is 0. The van der Waals surface area contributed by atoms with Gasteiger partial charge in [0, 0.05) is 20.3 Å². The molecular weight excluding hydrogens is 308 g/mol. The van der Waals surface area contributed by atoms with Crippen LogP contribution in [0.2, 0.25) is 0 Å². The molecule has 1 saturated carbocycles. The van der Waals surface area contributed by atoms with Crippen molar-refractivity contribution >= 4 is 17.9 Å². The monoisotopic (exact) mass is 330 g/mol. The molecule has 1 aliphatic heterocycles. The molecule has 0 aromatic carbocycles. The van der Waals surface area contributed by atoms with Crippen molar-refractivity contribution in [3.8, 4) is 0 Å². The number of hydrogen-bond acceptors (Lipinski definition) is 8. The van der Waals surface area contributed by atoms with Gasteiger partial charge in [0.05, 0.1) is 13.0 Å². The molecule has 0 aromatic rings. The van der Waals surface area contributed by atoms with Crippen LogP contribution in [0, 0.1) is 5.92 Å². The van der Waals surface area contributed by atoms with Crippen molar-refractivity contribution in [1.82, 2.24) is 0 Å². The fourth-order valence-electron chi connectivity index (χ4n) is 3.16. The molecule has 0 amide bonds. The summed E-state index contributed by atoms with van der Waals surface area (Å²) < 4.78 is 27.0. The molecule has 0 spiro atoms. The molecule has 2 rings (SSSR count). The van der Waals surface area contributed by atoms with Gasteiger partial charge in [-0.3, -0.25) is 14.4 Å². The van der Waals surface area contributed by atoms with Crippen molar-refractivity contribution in [2.75, 3.05) is 7.11 Å². The van der Waals surface area contributed by atoms with E-state index in [1.807, 2.05) is 0 Å². The first-order chi connectivity index (χ1) is 10.6.